The largest absolute Gasteiger partial charge is 0.456 e. The van der Waals surface area contributed by atoms with Gasteiger partial charge in [0.25, 0.3) is 0 Å². The second-order valence-corrected chi connectivity index (χ2v) is 16.1. The molecule has 5 heteroatoms. The third-order valence-electron chi connectivity index (χ3n) is 12.5. The number of benzene rings is 10. The van der Waals surface area contributed by atoms with Crippen molar-refractivity contribution in [1.29, 1.82) is 0 Å². The highest BCUT2D eigenvalue weighted by Gasteiger charge is 2.26. The Morgan fingerprint density at radius 2 is 0.919 bits per heavy atom. The highest BCUT2D eigenvalue weighted by Crippen LogP contribution is 2.45. The molecule has 0 radical (unpaired) electrons. The fourth-order valence-corrected chi connectivity index (χ4v) is 9.60. The molecular weight excluding hydrogens is 759 g/mol. The topological polar surface area (TPSA) is 63.0 Å². The SMILES string of the molecule is c1ccc2cc(C3=NC(c4ccc(-c5ccc(-c6ccc7ccccc7c6)c6oc7ccccc7c56)c5ccccc45)N=C(c4cccc5oc6ccccc6c45)N3)ccc2c1. The molecule has 0 spiro atoms. The van der Waals surface area contributed by atoms with Crippen LogP contribution in [0.1, 0.15) is 22.9 Å². The van der Waals surface area contributed by atoms with Crippen molar-refractivity contribution >= 4 is 87.9 Å². The minimum absolute atomic E-state index is 0.537. The average molecular weight is 794 g/mol. The number of fused-ring (bicyclic) bond motifs is 9. The van der Waals surface area contributed by atoms with E-state index in [2.05, 4.69) is 175 Å². The van der Waals surface area contributed by atoms with Gasteiger partial charge in [-0.25, -0.2) is 9.98 Å². The summed E-state index contributed by atoms with van der Waals surface area (Å²) >= 11 is 0. The fraction of sp³-hybridized carbons (Fsp3) is 0.0175. The zero-order chi connectivity index (χ0) is 40.7. The molecule has 1 aliphatic rings. The van der Waals surface area contributed by atoms with Gasteiger partial charge in [0.1, 0.15) is 34.0 Å². The number of hydrogen-bond donors (Lipinski definition) is 1. The summed E-state index contributed by atoms with van der Waals surface area (Å²) in [6.45, 7) is 0. The summed E-state index contributed by atoms with van der Waals surface area (Å²) in [4.78, 5) is 10.9. The van der Waals surface area contributed by atoms with Crippen LogP contribution in [0.15, 0.2) is 219 Å². The van der Waals surface area contributed by atoms with Crippen LogP contribution in [-0.2, 0) is 0 Å². The molecule has 0 bridgehead atoms. The first-order chi connectivity index (χ1) is 30.7. The lowest BCUT2D eigenvalue weighted by Gasteiger charge is -2.24. The van der Waals surface area contributed by atoms with Crippen molar-refractivity contribution in [3.63, 3.8) is 0 Å². The van der Waals surface area contributed by atoms with Crippen LogP contribution in [0.3, 0.4) is 0 Å². The minimum Gasteiger partial charge on any atom is -0.456 e. The molecule has 12 aromatic rings. The third kappa shape index (κ3) is 5.42. The van der Waals surface area contributed by atoms with Crippen molar-refractivity contribution in [2.45, 2.75) is 6.17 Å². The Bertz CT molecular complexity index is 3870. The molecule has 5 nitrogen and oxygen atoms in total. The summed E-state index contributed by atoms with van der Waals surface area (Å²) in [5.74, 6) is 1.51. The second kappa shape index (κ2) is 13.6. The first-order valence-corrected chi connectivity index (χ1v) is 21.0. The lowest BCUT2D eigenvalue weighted by molar-refractivity contribution is 0.669. The average Bonchev–Trinajstić information content (AvgIpc) is 3.92. The van der Waals surface area contributed by atoms with Gasteiger partial charge in [0, 0.05) is 43.8 Å². The van der Waals surface area contributed by atoms with E-state index in [4.69, 9.17) is 18.8 Å². The normalized spacial score (nSPS) is 14.3. The quantitative estimate of drug-likeness (QED) is 0.189. The molecule has 290 valence electrons. The predicted octanol–water partition coefficient (Wildman–Crippen LogP) is 14.8. The van der Waals surface area contributed by atoms with E-state index in [1.165, 1.54) is 16.2 Å². The van der Waals surface area contributed by atoms with Crippen molar-refractivity contribution in [2.75, 3.05) is 0 Å². The van der Waals surface area contributed by atoms with E-state index in [0.717, 1.165) is 111 Å². The highest BCUT2D eigenvalue weighted by atomic mass is 16.3. The van der Waals surface area contributed by atoms with E-state index in [1.54, 1.807) is 0 Å². The van der Waals surface area contributed by atoms with Crippen molar-refractivity contribution in [3.05, 3.63) is 217 Å². The van der Waals surface area contributed by atoms with Gasteiger partial charge in [-0.15, -0.1) is 0 Å². The Hall–Kier alpha value is -8.28. The Morgan fingerprint density at radius 1 is 0.355 bits per heavy atom. The molecule has 1 N–H and O–H groups in total. The zero-order valence-corrected chi connectivity index (χ0v) is 33.3. The summed E-state index contributed by atoms with van der Waals surface area (Å²) in [6, 6.07) is 70.5. The van der Waals surface area contributed by atoms with Crippen molar-refractivity contribution in [2.24, 2.45) is 9.98 Å². The first kappa shape index (κ1) is 34.6. The molecule has 13 rings (SSSR count). The lowest BCUT2D eigenvalue weighted by atomic mass is 9.89. The van der Waals surface area contributed by atoms with Gasteiger partial charge in [0.2, 0.25) is 0 Å². The molecule has 62 heavy (non-hydrogen) atoms. The third-order valence-corrected chi connectivity index (χ3v) is 12.5. The molecule has 1 aliphatic heterocycles. The number of rotatable bonds is 5. The Morgan fingerprint density at radius 3 is 1.69 bits per heavy atom. The summed E-state index contributed by atoms with van der Waals surface area (Å²) in [6.07, 6.45) is -0.537. The van der Waals surface area contributed by atoms with Crippen molar-refractivity contribution in [1.82, 2.24) is 5.32 Å². The standard InChI is InChI=1S/C57H35N3O2/c1-3-14-36-32-38(26-24-34(36)12-1)40-28-30-44(53-47-19-8-10-22-50(47)62-54(40)53)43-29-31-45(42-17-6-5-16-41(42)43)56-58-55(39-27-25-35-13-2-4-15-37(35)33-39)59-57(60-56)48-20-11-23-51-52(48)46-18-7-9-21-49(46)61-51/h1-33,56H,(H,58,59,60). The molecule has 0 amide bonds. The van der Waals surface area contributed by atoms with Gasteiger partial charge >= 0.3 is 0 Å². The van der Waals surface area contributed by atoms with Gasteiger partial charge in [-0.1, -0.05) is 164 Å². The van der Waals surface area contributed by atoms with Crippen LogP contribution in [0.2, 0.25) is 0 Å². The number of aliphatic imine (C=N–C) groups is 2. The zero-order valence-electron chi connectivity index (χ0n) is 33.3. The van der Waals surface area contributed by atoms with Gasteiger partial charge in [0.05, 0.1) is 0 Å². The smallest absolute Gasteiger partial charge is 0.170 e. The number of nitrogens with zero attached hydrogens (tertiary/aromatic N) is 2. The summed E-state index contributed by atoms with van der Waals surface area (Å²) in [5, 5.41) is 14.9. The first-order valence-electron chi connectivity index (χ1n) is 21.0. The molecule has 0 fully saturated rings. The van der Waals surface area contributed by atoms with Gasteiger partial charge in [-0.05, 0) is 85.4 Å². The molecule has 0 aliphatic carbocycles. The molecule has 3 heterocycles. The number of para-hydroxylation sites is 2. The number of hydrogen-bond acceptors (Lipinski definition) is 5. The van der Waals surface area contributed by atoms with Gasteiger partial charge in [0.15, 0.2) is 6.17 Å². The maximum absolute atomic E-state index is 6.78. The summed E-state index contributed by atoms with van der Waals surface area (Å²) in [5.41, 5.74) is 10.8. The lowest BCUT2D eigenvalue weighted by Crippen LogP contribution is -2.36. The van der Waals surface area contributed by atoms with E-state index < -0.39 is 6.17 Å². The number of amidine groups is 2. The van der Waals surface area contributed by atoms with Crippen LogP contribution < -0.4 is 5.32 Å². The van der Waals surface area contributed by atoms with Crippen molar-refractivity contribution in [3.8, 4) is 22.3 Å². The van der Waals surface area contributed by atoms with E-state index in [-0.39, 0.29) is 0 Å². The molecule has 0 saturated carbocycles. The van der Waals surface area contributed by atoms with Crippen LogP contribution in [0.4, 0.5) is 0 Å². The monoisotopic (exact) mass is 793 g/mol. The maximum atomic E-state index is 6.78. The predicted molar refractivity (Wildman–Crippen MR) is 256 cm³/mol. The van der Waals surface area contributed by atoms with Crippen LogP contribution in [0, 0.1) is 0 Å². The number of furan rings is 2. The molecule has 1 atom stereocenters. The van der Waals surface area contributed by atoms with E-state index in [9.17, 15) is 0 Å². The van der Waals surface area contributed by atoms with Gasteiger partial charge in [-0.2, -0.15) is 0 Å². The van der Waals surface area contributed by atoms with Gasteiger partial charge in [-0.3, -0.25) is 0 Å². The molecule has 10 aromatic carbocycles. The second-order valence-electron chi connectivity index (χ2n) is 16.1. The van der Waals surface area contributed by atoms with E-state index >= 15 is 0 Å². The molecule has 0 saturated heterocycles. The van der Waals surface area contributed by atoms with E-state index in [0.29, 0.717) is 0 Å². The molecular formula is C57H35N3O2. The Labute approximate surface area is 355 Å². The van der Waals surface area contributed by atoms with Crippen LogP contribution in [0.25, 0.3) is 98.4 Å². The van der Waals surface area contributed by atoms with Gasteiger partial charge < -0.3 is 14.2 Å². The summed E-state index contributed by atoms with van der Waals surface area (Å²) < 4.78 is 13.1. The van der Waals surface area contributed by atoms with Crippen LogP contribution >= 0.6 is 0 Å². The highest BCUT2D eigenvalue weighted by molar-refractivity contribution is 6.24. The Balaban J connectivity index is 1.01. The van der Waals surface area contributed by atoms with Crippen molar-refractivity contribution < 1.29 is 8.83 Å². The minimum atomic E-state index is -0.537. The van der Waals surface area contributed by atoms with Crippen LogP contribution in [-0.4, -0.2) is 11.7 Å². The summed E-state index contributed by atoms with van der Waals surface area (Å²) in [7, 11) is 0. The Kier molecular flexibility index (Phi) is 7.60. The fourth-order valence-electron chi connectivity index (χ4n) is 9.60. The van der Waals surface area contributed by atoms with E-state index in [1.807, 2.05) is 30.3 Å². The maximum Gasteiger partial charge on any atom is 0.170 e. The molecule has 2 aromatic heterocycles. The number of nitrogens with one attached hydrogen (secondary N) is 1. The van der Waals surface area contributed by atoms with Crippen LogP contribution in [0.5, 0.6) is 0 Å². The molecule has 1 unspecified atom stereocenters.